The van der Waals surface area contributed by atoms with Crippen molar-refractivity contribution < 1.29 is 4.79 Å². The second-order valence-electron chi connectivity index (χ2n) is 6.01. The van der Waals surface area contributed by atoms with Gasteiger partial charge in [0, 0.05) is 24.8 Å². The van der Waals surface area contributed by atoms with Gasteiger partial charge in [0.05, 0.1) is 6.04 Å². The molecule has 0 bridgehead atoms. The average molecular weight is 321 g/mol. The van der Waals surface area contributed by atoms with Crippen LogP contribution in [0.3, 0.4) is 0 Å². The van der Waals surface area contributed by atoms with Crippen molar-refractivity contribution in [2.45, 2.75) is 25.4 Å². The summed E-state index contributed by atoms with van der Waals surface area (Å²) in [4.78, 5) is 12.1. The molecular weight excluding hydrogens is 298 g/mol. The maximum atomic E-state index is 12.1. The molecule has 3 N–H and O–H groups in total. The number of carbonyl (C=O) groups is 1. The number of aryl methyl sites for hydroxylation is 1. The fourth-order valence-corrected chi connectivity index (χ4v) is 2.89. The third-order valence-corrected chi connectivity index (χ3v) is 4.19. The summed E-state index contributed by atoms with van der Waals surface area (Å²) in [6.07, 6.45) is 3.53. The topological polar surface area (TPSA) is 60.1 Å². The molecule has 4 nitrogen and oxygen atoms in total. The summed E-state index contributed by atoms with van der Waals surface area (Å²) >= 11 is 0. The van der Waals surface area contributed by atoms with Crippen molar-refractivity contribution in [3.05, 3.63) is 72.4 Å². The SMILES string of the molecule is NC(Cc1ccccc1)C(=O)NCCCn1ccc2ccccc21. The highest BCUT2D eigenvalue weighted by atomic mass is 16.2. The van der Waals surface area contributed by atoms with E-state index in [-0.39, 0.29) is 5.91 Å². The zero-order chi connectivity index (χ0) is 16.8. The van der Waals surface area contributed by atoms with Crippen molar-refractivity contribution in [2.75, 3.05) is 6.54 Å². The molecule has 0 saturated heterocycles. The third kappa shape index (κ3) is 4.03. The third-order valence-electron chi connectivity index (χ3n) is 4.19. The maximum absolute atomic E-state index is 12.1. The normalized spacial score (nSPS) is 12.2. The Morgan fingerprint density at radius 2 is 1.79 bits per heavy atom. The lowest BCUT2D eigenvalue weighted by Gasteiger charge is -2.12. The van der Waals surface area contributed by atoms with Crippen molar-refractivity contribution in [2.24, 2.45) is 5.73 Å². The number of aromatic nitrogens is 1. The quantitative estimate of drug-likeness (QED) is 0.657. The molecular formula is C20H23N3O. The first kappa shape index (κ1) is 16.3. The maximum Gasteiger partial charge on any atom is 0.237 e. The highest BCUT2D eigenvalue weighted by Gasteiger charge is 2.13. The van der Waals surface area contributed by atoms with E-state index in [1.54, 1.807) is 0 Å². The van der Waals surface area contributed by atoms with Gasteiger partial charge < -0.3 is 15.6 Å². The number of amides is 1. The van der Waals surface area contributed by atoms with Crippen LogP contribution < -0.4 is 11.1 Å². The largest absolute Gasteiger partial charge is 0.355 e. The van der Waals surface area contributed by atoms with Gasteiger partial charge in [-0.3, -0.25) is 4.79 Å². The first-order chi connectivity index (χ1) is 11.7. The number of nitrogens with one attached hydrogen (secondary N) is 1. The highest BCUT2D eigenvalue weighted by molar-refractivity contribution is 5.81. The lowest BCUT2D eigenvalue weighted by molar-refractivity contribution is -0.122. The van der Waals surface area contributed by atoms with E-state index in [9.17, 15) is 4.79 Å². The standard InChI is InChI=1S/C20H23N3O/c21-18(15-16-7-2-1-3-8-16)20(24)22-12-6-13-23-14-11-17-9-4-5-10-19(17)23/h1-5,7-11,14,18H,6,12-13,15,21H2,(H,22,24). The van der Waals surface area contributed by atoms with Gasteiger partial charge >= 0.3 is 0 Å². The van der Waals surface area contributed by atoms with E-state index in [0.29, 0.717) is 13.0 Å². The molecule has 2 aromatic carbocycles. The van der Waals surface area contributed by atoms with E-state index in [2.05, 4.69) is 34.3 Å². The minimum absolute atomic E-state index is 0.0868. The number of benzene rings is 2. The number of hydrogen-bond donors (Lipinski definition) is 2. The Balaban J connectivity index is 1.43. The molecule has 1 atom stereocenters. The monoisotopic (exact) mass is 321 g/mol. The Morgan fingerprint density at radius 1 is 1.04 bits per heavy atom. The van der Waals surface area contributed by atoms with Crippen LogP contribution in [0.25, 0.3) is 10.9 Å². The fourth-order valence-electron chi connectivity index (χ4n) is 2.89. The van der Waals surface area contributed by atoms with Crippen LogP contribution in [0.4, 0.5) is 0 Å². The molecule has 124 valence electrons. The molecule has 0 aliphatic carbocycles. The van der Waals surface area contributed by atoms with Crippen molar-refractivity contribution in [1.29, 1.82) is 0 Å². The van der Waals surface area contributed by atoms with Crippen molar-refractivity contribution in [3.8, 4) is 0 Å². The molecule has 24 heavy (non-hydrogen) atoms. The van der Waals surface area contributed by atoms with Gasteiger partial charge in [0.25, 0.3) is 0 Å². The van der Waals surface area contributed by atoms with Gasteiger partial charge in [-0.05, 0) is 35.9 Å². The number of nitrogens with two attached hydrogens (primary N) is 1. The van der Waals surface area contributed by atoms with Gasteiger partial charge in [-0.15, -0.1) is 0 Å². The molecule has 0 radical (unpaired) electrons. The van der Waals surface area contributed by atoms with Crippen LogP contribution in [-0.2, 0) is 17.8 Å². The Kier molecular flexibility index (Phi) is 5.29. The molecule has 0 aliphatic rings. The zero-order valence-corrected chi connectivity index (χ0v) is 13.7. The summed E-state index contributed by atoms with van der Waals surface area (Å²) in [6.45, 7) is 1.51. The second-order valence-corrected chi connectivity index (χ2v) is 6.01. The minimum Gasteiger partial charge on any atom is -0.355 e. The molecule has 3 rings (SSSR count). The van der Waals surface area contributed by atoms with E-state index in [4.69, 9.17) is 5.73 Å². The Bertz CT molecular complexity index is 795. The van der Waals surface area contributed by atoms with Gasteiger partial charge in [0.1, 0.15) is 0 Å². The molecule has 4 heteroatoms. The van der Waals surface area contributed by atoms with Crippen LogP contribution in [0, 0.1) is 0 Å². The predicted molar refractivity (Wildman–Crippen MR) is 97.7 cm³/mol. The first-order valence-corrected chi connectivity index (χ1v) is 8.35. The Morgan fingerprint density at radius 3 is 2.62 bits per heavy atom. The number of fused-ring (bicyclic) bond motifs is 1. The first-order valence-electron chi connectivity index (χ1n) is 8.35. The predicted octanol–water partition coefficient (Wildman–Crippen LogP) is 2.72. The highest BCUT2D eigenvalue weighted by Crippen LogP contribution is 2.15. The number of nitrogens with zero attached hydrogens (tertiary/aromatic N) is 1. The van der Waals surface area contributed by atoms with Gasteiger partial charge in [0.2, 0.25) is 5.91 Å². The number of carbonyl (C=O) groups excluding carboxylic acids is 1. The summed E-state index contributed by atoms with van der Waals surface area (Å²) in [5, 5.41) is 4.18. The number of rotatable bonds is 7. The molecule has 0 spiro atoms. The van der Waals surface area contributed by atoms with E-state index < -0.39 is 6.04 Å². The van der Waals surface area contributed by atoms with Gasteiger partial charge in [0.15, 0.2) is 0 Å². The summed E-state index contributed by atoms with van der Waals surface area (Å²) in [5.74, 6) is -0.0868. The second kappa shape index (κ2) is 7.79. The summed E-state index contributed by atoms with van der Waals surface area (Å²) < 4.78 is 2.21. The van der Waals surface area contributed by atoms with E-state index in [0.717, 1.165) is 18.5 Å². The van der Waals surface area contributed by atoms with Crippen LogP contribution >= 0.6 is 0 Å². The summed E-state index contributed by atoms with van der Waals surface area (Å²) in [6, 6.07) is 19.8. The van der Waals surface area contributed by atoms with E-state index in [1.165, 1.54) is 10.9 Å². The van der Waals surface area contributed by atoms with Crippen molar-refractivity contribution >= 4 is 16.8 Å². The van der Waals surface area contributed by atoms with Crippen LogP contribution in [-0.4, -0.2) is 23.1 Å². The molecule has 1 amide bonds. The molecule has 0 saturated carbocycles. The summed E-state index contributed by atoms with van der Waals surface area (Å²) in [7, 11) is 0. The van der Waals surface area contributed by atoms with Crippen LogP contribution in [0.5, 0.6) is 0 Å². The molecule has 1 unspecified atom stereocenters. The van der Waals surface area contributed by atoms with Gasteiger partial charge in [-0.25, -0.2) is 0 Å². The molecule has 3 aromatic rings. The smallest absolute Gasteiger partial charge is 0.237 e. The van der Waals surface area contributed by atoms with Crippen LogP contribution in [0.15, 0.2) is 66.9 Å². The fraction of sp³-hybridized carbons (Fsp3) is 0.250. The van der Waals surface area contributed by atoms with Gasteiger partial charge in [-0.1, -0.05) is 48.5 Å². The number of hydrogen-bond acceptors (Lipinski definition) is 2. The van der Waals surface area contributed by atoms with E-state index in [1.807, 2.05) is 42.5 Å². The van der Waals surface area contributed by atoms with E-state index >= 15 is 0 Å². The lowest BCUT2D eigenvalue weighted by atomic mass is 10.1. The number of para-hydroxylation sites is 1. The summed E-state index contributed by atoms with van der Waals surface area (Å²) in [5.41, 5.74) is 8.29. The van der Waals surface area contributed by atoms with Crippen molar-refractivity contribution in [3.63, 3.8) is 0 Å². The lowest BCUT2D eigenvalue weighted by Crippen LogP contribution is -2.42. The minimum atomic E-state index is -0.500. The zero-order valence-electron chi connectivity index (χ0n) is 13.7. The molecule has 1 heterocycles. The molecule has 1 aromatic heterocycles. The van der Waals surface area contributed by atoms with Crippen LogP contribution in [0.1, 0.15) is 12.0 Å². The average Bonchev–Trinajstić information content (AvgIpc) is 3.02. The van der Waals surface area contributed by atoms with Gasteiger partial charge in [-0.2, -0.15) is 0 Å². The molecule has 0 aliphatic heterocycles. The Labute approximate surface area is 142 Å². The van der Waals surface area contributed by atoms with Crippen molar-refractivity contribution in [1.82, 2.24) is 9.88 Å². The molecule has 0 fully saturated rings. The van der Waals surface area contributed by atoms with Crippen LogP contribution in [0.2, 0.25) is 0 Å². The Hall–Kier alpha value is -2.59.